The Kier molecular flexibility index (Phi) is 6.37. The lowest BCUT2D eigenvalue weighted by Gasteiger charge is -2.19. The number of imide groups is 1. The minimum Gasteiger partial charge on any atom is -0.444 e. The highest BCUT2D eigenvalue weighted by atomic mass is 16.6. The van der Waals surface area contributed by atoms with E-state index >= 15 is 0 Å². The molecule has 8 nitrogen and oxygen atoms in total. The van der Waals surface area contributed by atoms with Crippen LogP contribution in [-0.4, -0.2) is 36.7 Å². The summed E-state index contributed by atoms with van der Waals surface area (Å²) in [5, 5.41) is 7.07. The first-order valence-electron chi connectivity index (χ1n) is 7.09. The number of alkyl carbamates (subject to hydrolysis) is 1. The normalized spacial score (nSPS) is 10.6. The number of urea groups is 1. The molecule has 0 heterocycles. The second-order valence-electron chi connectivity index (χ2n) is 5.73. The second-order valence-corrected chi connectivity index (χ2v) is 5.73. The molecule has 0 fully saturated rings. The van der Waals surface area contributed by atoms with E-state index in [2.05, 4.69) is 16.0 Å². The fourth-order valence-electron chi connectivity index (χ4n) is 1.57. The summed E-state index contributed by atoms with van der Waals surface area (Å²) in [7, 11) is 0. The van der Waals surface area contributed by atoms with Crippen LogP contribution in [0, 0.1) is 0 Å². The van der Waals surface area contributed by atoms with Crippen LogP contribution in [0.2, 0.25) is 0 Å². The first kappa shape index (κ1) is 18.3. The van der Waals surface area contributed by atoms with Gasteiger partial charge in [-0.25, -0.2) is 9.59 Å². The van der Waals surface area contributed by atoms with Crippen LogP contribution in [0.4, 0.5) is 15.3 Å². The van der Waals surface area contributed by atoms with Crippen molar-refractivity contribution in [1.29, 1.82) is 0 Å². The van der Waals surface area contributed by atoms with Crippen molar-refractivity contribution >= 4 is 23.7 Å². The molecule has 8 heteroatoms. The third-order valence-corrected chi connectivity index (χ3v) is 2.51. The van der Waals surface area contributed by atoms with Crippen molar-refractivity contribution < 1.29 is 19.1 Å². The molecule has 126 valence electrons. The SMILES string of the molecule is CC(C)(C)OC(=O)NCCNC(=O)NC(=O)c1ccccc1N. The van der Waals surface area contributed by atoms with E-state index < -0.39 is 23.6 Å². The lowest BCUT2D eigenvalue weighted by molar-refractivity contribution is 0.0528. The minimum atomic E-state index is -0.677. The number of anilines is 1. The number of ether oxygens (including phenoxy) is 1. The summed E-state index contributed by atoms with van der Waals surface area (Å²) in [5.74, 6) is -0.597. The zero-order valence-corrected chi connectivity index (χ0v) is 13.4. The van der Waals surface area contributed by atoms with Crippen LogP contribution >= 0.6 is 0 Å². The summed E-state index contributed by atoms with van der Waals surface area (Å²) < 4.78 is 5.03. The van der Waals surface area contributed by atoms with Gasteiger partial charge in [-0.2, -0.15) is 0 Å². The highest BCUT2D eigenvalue weighted by Gasteiger charge is 2.16. The molecule has 1 aromatic rings. The van der Waals surface area contributed by atoms with Crippen LogP contribution in [0.1, 0.15) is 31.1 Å². The van der Waals surface area contributed by atoms with Crippen LogP contribution in [0.3, 0.4) is 0 Å². The molecule has 0 saturated carbocycles. The van der Waals surface area contributed by atoms with Gasteiger partial charge in [-0.1, -0.05) is 12.1 Å². The Morgan fingerprint density at radius 3 is 2.30 bits per heavy atom. The van der Waals surface area contributed by atoms with Crippen LogP contribution in [0.25, 0.3) is 0 Å². The molecule has 0 bridgehead atoms. The third kappa shape index (κ3) is 7.16. The molecule has 0 aliphatic rings. The van der Waals surface area contributed by atoms with Gasteiger partial charge in [0.2, 0.25) is 0 Å². The molecule has 1 rings (SSSR count). The lowest BCUT2D eigenvalue weighted by Crippen LogP contribution is -2.43. The zero-order valence-electron chi connectivity index (χ0n) is 13.4. The average Bonchev–Trinajstić information content (AvgIpc) is 2.42. The number of carbonyl (C=O) groups excluding carboxylic acids is 3. The number of para-hydroxylation sites is 1. The number of nitrogens with one attached hydrogen (secondary N) is 3. The van der Waals surface area contributed by atoms with Crippen molar-refractivity contribution in [3.63, 3.8) is 0 Å². The third-order valence-electron chi connectivity index (χ3n) is 2.51. The molecule has 4 amide bonds. The highest BCUT2D eigenvalue weighted by molar-refractivity contribution is 6.07. The number of amides is 4. The van der Waals surface area contributed by atoms with E-state index in [1.54, 1.807) is 39.0 Å². The first-order chi connectivity index (χ1) is 10.7. The molecular weight excluding hydrogens is 300 g/mol. The monoisotopic (exact) mass is 322 g/mol. The van der Waals surface area contributed by atoms with Gasteiger partial charge in [0, 0.05) is 18.8 Å². The zero-order chi connectivity index (χ0) is 17.5. The van der Waals surface area contributed by atoms with E-state index in [4.69, 9.17) is 10.5 Å². The Labute approximate surface area is 134 Å². The van der Waals surface area contributed by atoms with Gasteiger partial charge >= 0.3 is 12.1 Å². The highest BCUT2D eigenvalue weighted by Crippen LogP contribution is 2.09. The number of benzene rings is 1. The quantitative estimate of drug-likeness (QED) is 0.490. The topological polar surface area (TPSA) is 123 Å². The molecule has 1 aromatic carbocycles. The van der Waals surface area contributed by atoms with Gasteiger partial charge in [0.25, 0.3) is 5.91 Å². The Morgan fingerprint density at radius 1 is 1.09 bits per heavy atom. The van der Waals surface area contributed by atoms with Crippen molar-refractivity contribution in [2.75, 3.05) is 18.8 Å². The van der Waals surface area contributed by atoms with E-state index in [0.717, 1.165) is 0 Å². The largest absolute Gasteiger partial charge is 0.444 e. The van der Waals surface area contributed by atoms with Crippen molar-refractivity contribution in [2.45, 2.75) is 26.4 Å². The Morgan fingerprint density at radius 2 is 1.70 bits per heavy atom. The fourth-order valence-corrected chi connectivity index (χ4v) is 1.57. The van der Waals surface area contributed by atoms with Crippen LogP contribution < -0.4 is 21.7 Å². The van der Waals surface area contributed by atoms with Crippen molar-refractivity contribution in [2.24, 2.45) is 0 Å². The van der Waals surface area contributed by atoms with Crippen molar-refractivity contribution in [3.8, 4) is 0 Å². The van der Waals surface area contributed by atoms with E-state index in [1.807, 2.05) is 0 Å². The Balaban J connectivity index is 2.29. The van der Waals surface area contributed by atoms with Crippen molar-refractivity contribution in [1.82, 2.24) is 16.0 Å². The summed E-state index contributed by atoms with van der Waals surface area (Å²) in [5.41, 5.74) is 5.56. The van der Waals surface area contributed by atoms with Gasteiger partial charge in [0.15, 0.2) is 0 Å². The molecule has 5 N–H and O–H groups in total. The van der Waals surface area contributed by atoms with Crippen LogP contribution in [0.15, 0.2) is 24.3 Å². The molecule has 0 aromatic heterocycles. The maximum Gasteiger partial charge on any atom is 0.407 e. The number of hydrogen-bond acceptors (Lipinski definition) is 5. The molecule has 0 aliphatic heterocycles. The summed E-state index contributed by atoms with van der Waals surface area (Å²) in [6, 6.07) is 5.74. The molecule has 0 aliphatic carbocycles. The number of nitrogen functional groups attached to an aromatic ring is 1. The second kappa shape index (κ2) is 8.02. The maximum atomic E-state index is 11.8. The van der Waals surface area contributed by atoms with Gasteiger partial charge in [-0.05, 0) is 32.9 Å². The standard InChI is InChI=1S/C15H22N4O4/c1-15(2,3)23-14(22)18-9-8-17-13(21)19-12(20)10-6-4-5-7-11(10)16/h4-7H,8-9,16H2,1-3H3,(H,18,22)(H2,17,19,20,21). The molecular formula is C15H22N4O4. The molecule has 0 radical (unpaired) electrons. The number of carbonyl (C=O) groups is 3. The number of nitrogens with two attached hydrogens (primary N) is 1. The van der Waals surface area contributed by atoms with E-state index in [9.17, 15) is 14.4 Å². The summed E-state index contributed by atoms with van der Waals surface area (Å²) >= 11 is 0. The molecule has 0 atom stereocenters. The first-order valence-corrected chi connectivity index (χ1v) is 7.09. The average molecular weight is 322 g/mol. The Hall–Kier alpha value is -2.77. The molecule has 23 heavy (non-hydrogen) atoms. The van der Waals surface area contributed by atoms with Crippen LogP contribution in [0.5, 0.6) is 0 Å². The summed E-state index contributed by atoms with van der Waals surface area (Å²) in [6.45, 7) is 5.56. The Bertz CT molecular complexity index is 581. The number of rotatable bonds is 4. The van der Waals surface area contributed by atoms with E-state index in [1.165, 1.54) is 6.07 Å². The fraction of sp³-hybridized carbons (Fsp3) is 0.400. The number of hydrogen-bond donors (Lipinski definition) is 4. The predicted octanol–water partition coefficient (Wildman–Crippen LogP) is 1.23. The summed E-state index contributed by atoms with van der Waals surface area (Å²) in [6.07, 6.45) is -0.576. The predicted molar refractivity (Wildman–Crippen MR) is 86.0 cm³/mol. The van der Waals surface area contributed by atoms with Gasteiger partial charge in [0.05, 0.1) is 5.56 Å². The van der Waals surface area contributed by atoms with Gasteiger partial charge in [-0.3, -0.25) is 10.1 Å². The molecule has 0 saturated heterocycles. The van der Waals surface area contributed by atoms with Gasteiger partial charge < -0.3 is 21.1 Å². The van der Waals surface area contributed by atoms with Gasteiger partial charge in [0.1, 0.15) is 5.60 Å². The van der Waals surface area contributed by atoms with Crippen molar-refractivity contribution in [3.05, 3.63) is 29.8 Å². The molecule has 0 unspecified atom stereocenters. The van der Waals surface area contributed by atoms with Crippen LogP contribution in [-0.2, 0) is 4.74 Å². The molecule has 0 spiro atoms. The smallest absolute Gasteiger partial charge is 0.407 e. The minimum absolute atomic E-state index is 0.141. The van der Waals surface area contributed by atoms with E-state index in [0.29, 0.717) is 0 Å². The maximum absolute atomic E-state index is 11.8. The van der Waals surface area contributed by atoms with E-state index in [-0.39, 0.29) is 24.3 Å². The summed E-state index contributed by atoms with van der Waals surface area (Å²) in [4.78, 5) is 34.8. The van der Waals surface area contributed by atoms with Gasteiger partial charge in [-0.15, -0.1) is 0 Å². The lowest BCUT2D eigenvalue weighted by atomic mass is 10.2.